The number of nitrogens with zero attached hydrogens (tertiary/aromatic N) is 2. The van der Waals surface area contributed by atoms with Gasteiger partial charge in [0.2, 0.25) is 5.91 Å². The van der Waals surface area contributed by atoms with Gasteiger partial charge in [0.05, 0.1) is 19.6 Å². The van der Waals surface area contributed by atoms with E-state index in [0.717, 1.165) is 4.90 Å². The number of carbonyl (C=O) groups excluding carboxylic acids is 2. The Morgan fingerprint density at radius 2 is 2.24 bits per heavy atom. The molecule has 1 fully saturated rings. The highest BCUT2D eigenvalue weighted by molar-refractivity contribution is 14.0. The Labute approximate surface area is 117 Å². The fourth-order valence-corrected chi connectivity index (χ4v) is 1.29. The van der Waals surface area contributed by atoms with Gasteiger partial charge in [-0.25, -0.2) is 4.79 Å². The summed E-state index contributed by atoms with van der Waals surface area (Å²) in [5.41, 5.74) is 5.56. The van der Waals surface area contributed by atoms with Gasteiger partial charge in [0.1, 0.15) is 0 Å². The van der Waals surface area contributed by atoms with Crippen molar-refractivity contribution >= 4 is 41.9 Å². The number of imide groups is 1. The molecule has 1 aliphatic rings. The molecule has 3 amide bonds. The van der Waals surface area contributed by atoms with Crippen molar-refractivity contribution in [1.29, 1.82) is 0 Å². The summed E-state index contributed by atoms with van der Waals surface area (Å²) < 4.78 is 0. The third-order valence-corrected chi connectivity index (χ3v) is 1.98. The highest BCUT2D eigenvalue weighted by atomic mass is 127. The van der Waals surface area contributed by atoms with Crippen molar-refractivity contribution in [3.05, 3.63) is 0 Å². The number of hydrogen-bond donors (Lipinski definition) is 3. The van der Waals surface area contributed by atoms with Gasteiger partial charge in [-0.15, -0.1) is 24.0 Å². The van der Waals surface area contributed by atoms with Crippen LogP contribution in [0, 0.1) is 0 Å². The molecule has 0 aromatic rings. The van der Waals surface area contributed by atoms with E-state index in [1.807, 2.05) is 13.8 Å². The first kappa shape index (κ1) is 15.9. The van der Waals surface area contributed by atoms with Gasteiger partial charge in [-0.2, -0.15) is 0 Å². The Balaban J connectivity index is 0.00000256. The van der Waals surface area contributed by atoms with Crippen LogP contribution in [0.25, 0.3) is 0 Å². The number of nitrogens with one attached hydrogen (secondary N) is 2. The van der Waals surface area contributed by atoms with Crippen LogP contribution in [-0.2, 0) is 4.79 Å². The summed E-state index contributed by atoms with van der Waals surface area (Å²) in [7, 11) is 0. The van der Waals surface area contributed by atoms with Gasteiger partial charge in [0.25, 0.3) is 0 Å². The van der Waals surface area contributed by atoms with Crippen LogP contribution in [0.15, 0.2) is 4.99 Å². The lowest BCUT2D eigenvalue weighted by molar-refractivity contribution is -0.124. The summed E-state index contributed by atoms with van der Waals surface area (Å²) in [4.78, 5) is 27.5. The van der Waals surface area contributed by atoms with E-state index in [1.165, 1.54) is 0 Å². The van der Waals surface area contributed by atoms with E-state index in [1.54, 1.807) is 0 Å². The summed E-state index contributed by atoms with van der Waals surface area (Å²) in [5.74, 6) is 0.0950. The number of carbonyl (C=O) groups is 2. The van der Waals surface area contributed by atoms with Crippen molar-refractivity contribution < 1.29 is 9.59 Å². The van der Waals surface area contributed by atoms with Gasteiger partial charge in [-0.05, 0) is 13.8 Å². The van der Waals surface area contributed by atoms with E-state index in [-0.39, 0.29) is 55.0 Å². The minimum absolute atomic E-state index is 0. The molecule has 0 atom stereocenters. The summed E-state index contributed by atoms with van der Waals surface area (Å²) in [5, 5.41) is 5.35. The topological polar surface area (TPSA) is 99.8 Å². The van der Waals surface area contributed by atoms with Gasteiger partial charge in [-0.3, -0.25) is 14.7 Å². The maximum atomic E-state index is 11.2. The maximum absolute atomic E-state index is 11.2. The van der Waals surface area contributed by atoms with Crippen LogP contribution < -0.4 is 16.4 Å². The molecule has 1 aliphatic heterocycles. The Hall–Kier alpha value is -1.06. The molecular weight excluding hydrogens is 337 g/mol. The lowest BCUT2D eigenvalue weighted by Crippen LogP contribution is -2.38. The highest BCUT2D eigenvalue weighted by Crippen LogP contribution is 1.97. The Morgan fingerprint density at radius 3 is 2.71 bits per heavy atom. The number of aliphatic imine (C=N–C) groups is 1. The summed E-state index contributed by atoms with van der Waals surface area (Å²) in [6, 6.07) is -0.156. The molecule has 4 N–H and O–H groups in total. The van der Waals surface area contributed by atoms with Crippen molar-refractivity contribution in [3.63, 3.8) is 0 Å². The number of guanidine groups is 1. The third-order valence-electron chi connectivity index (χ3n) is 1.98. The van der Waals surface area contributed by atoms with Crippen LogP contribution in [0.1, 0.15) is 13.8 Å². The standard InChI is InChI=1S/C9H17N5O2.HI/c1-6(2)13-8(10)11-3-4-14-7(15)5-12-9(14)16;/h6H,3-5H2,1-2H3,(H,12,16)(H3,10,11,13);1H. The lowest BCUT2D eigenvalue weighted by atomic mass is 10.4. The predicted octanol–water partition coefficient (Wildman–Crippen LogP) is -0.531. The second-order valence-corrected chi connectivity index (χ2v) is 3.77. The Morgan fingerprint density at radius 1 is 1.59 bits per heavy atom. The molecule has 17 heavy (non-hydrogen) atoms. The first-order valence-electron chi connectivity index (χ1n) is 5.15. The normalized spacial score (nSPS) is 15.9. The molecule has 0 aromatic heterocycles. The summed E-state index contributed by atoms with van der Waals surface area (Å²) in [6.45, 7) is 4.53. The van der Waals surface area contributed by atoms with E-state index < -0.39 is 0 Å². The van der Waals surface area contributed by atoms with Gasteiger partial charge >= 0.3 is 6.03 Å². The van der Waals surface area contributed by atoms with Gasteiger partial charge in [-0.1, -0.05) is 0 Å². The minimum Gasteiger partial charge on any atom is -0.370 e. The first-order chi connectivity index (χ1) is 7.50. The second-order valence-electron chi connectivity index (χ2n) is 3.77. The molecule has 0 radical (unpaired) electrons. The SMILES string of the molecule is CC(C)NC(N)=NCCN1C(=O)CNC1=O.I. The summed E-state index contributed by atoms with van der Waals surface area (Å²) in [6.07, 6.45) is 0. The average molecular weight is 355 g/mol. The fraction of sp³-hybridized carbons (Fsp3) is 0.667. The zero-order valence-electron chi connectivity index (χ0n) is 9.90. The molecular formula is C9H18IN5O2. The third kappa shape index (κ3) is 5.20. The monoisotopic (exact) mass is 355 g/mol. The Kier molecular flexibility index (Phi) is 6.85. The number of hydrogen-bond acceptors (Lipinski definition) is 3. The molecule has 1 rings (SSSR count). The zero-order chi connectivity index (χ0) is 12.1. The fourth-order valence-electron chi connectivity index (χ4n) is 1.29. The molecule has 1 saturated heterocycles. The van der Waals surface area contributed by atoms with E-state index >= 15 is 0 Å². The van der Waals surface area contributed by atoms with Gasteiger partial charge in [0.15, 0.2) is 5.96 Å². The molecule has 0 unspecified atom stereocenters. The van der Waals surface area contributed by atoms with Crippen LogP contribution in [0.4, 0.5) is 4.79 Å². The van der Waals surface area contributed by atoms with Gasteiger partial charge in [0, 0.05) is 6.04 Å². The molecule has 7 nitrogen and oxygen atoms in total. The number of halogens is 1. The van der Waals surface area contributed by atoms with Gasteiger partial charge < -0.3 is 16.4 Å². The summed E-state index contributed by atoms with van der Waals surface area (Å²) >= 11 is 0. The molecule has 98 valence electrons. The second kappa shape index (κ2) is 7.30. The van der Waals surface area contributed by atoms with Crippen LogP contribution >= 0.6 is 24.0 Å². The van der Waals surface area contributed by atoms with Crippen LogP contribution in [0.2, 0.25) is 0 Å². The van der Waals surface area contributed by atoms with E-state index in [4.69, 9.17) is 5.73 Å². The van der Waals surface area contributed by atoms with E-state index in [9.17, 15) is 9.59 Å². The molecule has 0 saturated carbocycles. The van der Waals surface area contributed by atoms with Crippen molar-refractivity contribution in [3.8, 4) is 0 Å². The Bertz CT molecular complexity index is 303. The number of amides is 3. The number of urea groups is 1. The smallest absolute Gasteiger partial charge is 0.324 e. The highest BCUT2D eigenvalue weighted by Gasteiger charge is 2.27. The first-order valence-corrected chi connectivity index (χ1v) is 5.15. The van der Waals surface area contributed by atoms with Crippen molar-refractivity contribution in [2.75, 3.05) is 19.6 Å². The number of rotatable bonds is 4. The van der Waals surface area contributed by atoms with Crippen LogP contribution in [0.5, 0.6) is 0 Å². The molecule has 0 bridgehead atoms. The number of nitrogens with two attached hydrogens (primary N) is 1. The largest absolute Gasteiger partial charge is 0.370 e. The van der Waals surface area contributed by atoms with Crippen molar-refractivity contribution in [2.45, 2.75) is 19.9 Å². The van der Waals surface area contributed by atoms with E-state index in [2.05, 4.69) is 15.6 Å². The molecule has 0 aliphatic carbocycles. The lowest BCUT2D eigenvalue weighted by Gasteiger charge is -2.11. The predicted molar refractivity (Wildman–Crippen MR) is 75.3 cm³/mol. The molecule has 0 aromatic carbocycles. The van der Waals surface area contributed by atoms with Crippen molar-refractivity contribution in [1.82, 2.24) is 15.5 Å². The van der Waals surface area contributed by atoms with Crippen LogP contribution in [-0.4, -0.2) is 48.5 Å². The maximum Gasteiger partial charge on any atom is 0.324 e. The van der Waals surface area contributed by atoms with Crippen molar-refractivity contribution in [2.24, 2.45) is 10.7 Å². The zero-order valence-corrected chi connectivity index (χ0v) is 12.2. The average Bonchev–Trinajstić information content (AvgIpc) is 2.47. The van der Waals surface area contributed by atoms with E-state index in [0.29, 0.717) is 12.5 Å². The quantitative estimate of drug-likeness (QED) is 0.273. The van der Waals surface area contributed by atoms with Crippen LogP contribution in [0.3, 0.4) is 0 Å². The molecule has 0 spiro atoms. The molecule has 1 heterocycles. The minimum atomic E-state index is -0.365. The molecule has 8 heteroatoms.